The molecule has 2 saturated carbocycles. The van der Waals surface area contributed by atoms with E-state index in [0.717, 1.165) is 19.4 Å². The van der Waals surface area contributed by atoms with E-state index >= 15 is 0 Å². The van der Waals surface area contributed by atoms with Crippen molar-refractivity contribution >= 4 is 5.97 Å². The van der Waals surface area contributed by atoms with E-state index < -0.39 is 0 Å². The van der Waals surface area contributed by atoms with Crippen LogP contribution in [0.5, 0.6) is 0 Å². The summed E-state index contributed by atoms with van der Waals surface area (Å²) in [6, 6.07) is 0. The smallest absolute Gasteiger partial charge is 0.489 e. The molecule has 2 aliphatic carbocycles. The van der Waals surface area contributed by atoms with Gasteiger partial charge in [0.05, 0.1) is 13.1 Å². The van der Waals surface area contributed by atoms with Gasteiger partial charge in [0.15, 0.2) is 0 Å². The van der Waals surface area contributed by atoms with Gasteiger partial charge in [-0.1, -0.05) is 38.5 Å². The number of hydrogen-bond donors (Lipinski definition) is 1. The van der Waals surface area contributed by atoms with Crippen LogP contribution >= 0.6 is 0 Å². The molecular weight excluding hydrogens is 322 g/mol. The van der Waals surface area contributed by atoms with Crippen LogP contribution in [0.2, 0.25) is 0 Å². The van der Waals surface area contributed by atoms with E-state index in [4.69, 9.17) is 4.74 Å². The van der Waals surface area contributed by atoms with Crippen molar-refractivity contribution in [3.05, 3.63) is 0 Å². The molecule has 4 heteroatoms. The van der Waals surface area contributed by atoms with Gasteiger partial charge in [-0.3, -0.25) is 0 Å². The lowest BCUT2D eigenvalue weighted by Gasteiger charge is -2.39. The van der Waals surface area contributed by atoms with Crippen molar-refractivity contribution in [2.24, 2.45) is 11.3 Å². The average molecular weight is 359 g/mol. The molecule has 2 N–H and O–H groups in total. The van der Waals surface area contributed by atoms with Crippen LogP contribution in [0, 0.1) is 11.3 Å². The molecule has 140 valence electrons. The van der Waals surface area contributed by atoms with Gasteiger partial charge in [0.2, 0.25) is 6.61 Å². The predicted molar refractivity (Wildman–Crippen MR) is 94.4 cm³/mol. The minimum absolute atomic E-state index is 0. The standard InChI is InChI=1S/C20H35NO2.ClH/c22-19(23-17-16-21-14-8-3-9-15-21)20(12-6-2-7-13-20)18-10-4-1-5-11-18;/h18H,1-17H2;1H/p+1. The zero-order chi connectivity index (χ0) is 16.0. The highest BCUT2D eigenvalue weighted by molar-refractivity contribution is 5.78. The summed E-state index contributed by atoms with van der Waals surface area (Å²) in [7, 11) is 0. The molecule has 1 saturated heterocycles. The van der Waals surface area contributed by atoms with E-state index in [1.54, 1.807) is 4.90 Å². The van der Waals surface area contributed by atoms with Crippen molar-refractivity contribution in [2.45, 2.75) is 83.5 Å². The van der Waals surface area contributed by atoms with Gasteiger partial charge < -0.3 is 26.8 Å². The Morgan fingerprint density at radius 1 is 0.875 bits per heavy atom. The fourth-order valence-corrected chi connectivity index (χ4v) is 5.37. The van der Waals surface area contributed by atoms with Gasteiger partial charge in [-0.2, -0.15) is 0 Å². The Morgan fingerprint density at radius 3 is 2.12 bits per heavy atom. The van der Waals surface area contributed by atoms with Crippen molar-refractivity contribution in [3.8, 4) is 0 Å². The van der Waals surface area contributed by atoms with Crippen molar-refractivity contribution in [1.29, 1.82) is 0 Å². The molecule has 0 aromatic rings. The average Bonchev–Trinajstić information content (AvgIpc) is 2.64. The number of likely N-dealkylation sites (tertiary alicyclic amines) is 1. The molecule has 0 spiro atoms. The second-order valence-electron chi connectivity index (χ2n) is 8.27. The highest BCUT2D eigenvalue weighted by atomic mass is 35.5. The SMILES string of the molecule is [Cl-].[OH+]=C(OCC[NH+]1CCCCC1)C1(C2CCCCC2)CCCCC1. The van der Waals surface area contributed by atoms with Crippen LogP contribution in [0.3, 0.4) is 0 Å². The first-order valence-corrected chi connectivity index (χ1v) is 10.3. The Morgan fingerprint density at radius 2 is 1.46 bits per heavy atom. The molecule has 0 unspecified atom stereocenters. The monoisotopic (exact) mass is 358 g/mol. The first-order valence-electron chi connectivity index (χ1n) is 10.3. The number of carbonyl (C=O) groups excluding carboxylic acids is 1. The molecule has 0 atom stereocenters. The number of nitrogens with one attached hydrogen (secondary N) is 1. The lowest BCUT2D eigenvalue weighted by Crippen LogP contribution is -3.13. The molecule has 0 aromatic carbocycles. The fourth-order valence-electron chi connectivity index (χ4n) is 5.37. The lowest BCUT2D eigenvalue weighted by atomic mass is 9.62. The minimum Gasteiger partial charge on any atom is -1.00 e. The first-order chi connectivity index (χ1) is 11.3. The zero-order valence-corrected chi connectivity index (χ0v) is 16.1. The van der Waals surface area contributed by atoms with Crippen LogP contribution in [0.25, 0.3) is 0 Å². The molecular formula is C20H37ClNO2+. The highest BCUT2D eigenvalue weighted by Crippen LogP contribution is 2.49. The third-order valence-electron chi connectivity index (χ3n) is 6.81. The normalized spacial score (nSPS) is 25.7. The summed E-state index contributed by atoms with van der Waals surface area (Å²) in [5, 5.41) is 0. The van der Waals surface area contributed by atoms with Gasteiger partial charge in [0.25, 0.3) is 0 Å². The lowest BCUT2D eigenvalue weighted by molar-refractivity contribution is -0.905. The van der Waals surface area contributed by atoms with E-state index in [2.05, 4.69) is 0 Å². The number of esters is 1. The third kappa shape index (κ3) is 4.88. The predicted octanol–water partition coefficient (Wildman–Crippen LogP) is 0.109. The fraction of sp³-hybridized carbons (Fsp3) is 0.950. The molecule has 0 aromatic heterocycles. The molecule has 0 amide bonds. The Kier molecular flexibility index (Phi) is 8.36. The van der Waals surface area contributed by atoms with Crippen molar-refractivity contribution in [3.63, 3.8) is 0 Å². The summed E-state index contributed by atoms with van der Waals surface area (Å²) < 4.78 is 5.99. The number of ether oxygens (including phenoxy) is 1. The number of rotatable bonds is 5. The van der Waals surface area contributed by atoms with E-state index in [0.29, 0.717) is 18.5 Å². The molecule has 1 aliphatic heterocycles. The van der Waals surface area contributed by atoms with Crippen LogP contribution < -0.4 is 17.3 Å². The van der Waals surface area contributed by atoms with Crippen LogP contribution in [-0.4, -0.2) is 37.0 Å². The maximum atomic E-state index is 10.9. The number of halogens is 1. The molecule has 3 nitrogen and oxygen atoms in total. The minimum atomic E-state index is -0.00407. The van der Waals surface area contributed by atoms with Crippen LogP contribution in [0.1, 0.15) is 83.5 Å². The third-order valence-corrected chi connectivity index (χ3v) is 6.81. The van der Waals surface area contributed by atoms with Gasteiger partial charge >= 0.3 is 5.97 Å². The van der Waals surface area contributed by atoms with Crippen molar-refractivity contribution in [2.75, 3.05) is 26.2 Å². The number of quaternary nitrogens is 1. The number of piperidine rings is 1. The van der Waals surface area contributed by atoms with Crippen molar-refractivity contribution in [1.82, 2.24) is 0 Å². The van der Waals surface area contributed by atoms with Crippen LogP contribution in [0.4, 0.5) is 0 Å². The summed E-state index contributed by atoms with van der Waals surface area (Å²) >= 11 is 0. The quantitative estimate of drug-likeness (QED) is 0.549. The molecule has 0 bridgehead atoms. The van der Waals surface area contributed by atoms with Gasteiger partial charge in [-0.15, -0.1) is 0 Å². The Bertz CT molecular complexity index is 370. The molecule has 3 fully saturated rings. The van der Waals surface area contributed by atoms with E-state index in [9.17, 15) is 4.79 Å². The van der Waals surface area contributed by atoms with Gasteiger partial charge in [-0.25, -0.2) is 0 Å². The van der Waals surface area contributed by atoms with Crippen molar-refractivity contribution < 1.29 is 26.8 Å². The summed E-state index contributed by atoms with van der Waals surface area (Å²) in [5.74, 6) is 1.08. The molecule has 1 heterocycles. The van der Waals surface area contributed by atoms with Gasteiger partial charge in [-0.05, 0) is 50.9 Å². The van der Waals surface area contributed by atoms with Gasteiger partial charge in [0, 0.05) is 0 Å². The van der Waals surface area contributed by atoms with Crippen LogP contribution in [-0.2, 0) is 4.74 Å². The Labute approximate surface area is 154 Å². The number of hydrogen-bond acceptors (Lipinski definition) is 1. The summed E-state index contributed by atoms with van der Waals surface area (Å²) in [5.41, 5.74) is -0.00407. The maximum absolute atomic E-state index is 10.9. The summed E-state index contributed by atoms with van der Waals surface area (Å²) in [6.45, 7) is 4.34. The van der Waals surface area contributed by atoms with Gasteiger partial charge in [0.1, 0.15) is 12.0 Å². The molecule has 3 rings (SSSR count). The Hall–Kier alpha value is -0.280. The molecule has 3 aliphatic rings. The van der Waals surface area contributed by atoms with Crippen LogP contribution in [0.15, 0.2) is 0 Å². The second kappa shape index (κ2) is 10.0. The summed E-state index contributed by atoms with van der Waals surface area (Å²) in [6.07, 6.45) is 16.9. The van der Waals surface area contributed by atoms with E-state index in [1.807, 2.05) is 0 Å². The first kappa shape index (κ1) is 20.0. The Balaban J connectivity index is 0.00000208. The topological polar surface area (TPSA) is 35.1 Å². The zero-order valence-electron chi connectivity index (χ0n) is 15.3. The second-order valence-corrected chi connectivity index (χ2v) is 8.27. The summed E-state index contributed by atoms with van der Waals surface area (Å²) in [4.78, 5) is 12.6. The highest BCUT2D eigenvalue weighted by Gasteiger charge is 2.52. The van der Waals surface area contributed by atoms with E-state index in [-0.39, 0.29) is 17.8 Å². The molecule has 24 heavy (non-hydrogen) atoms. The molecule has 0 radical (unpaired) electrons. The largest absolute Gasteiger partial charge is 1.00 e. The maximum Gasteiger partial charge on any atom is 0.489 e. The van der Waals surface area contributed by atoms with E-state index in [1.165, 1.54) is 83.7 Å².